The van der Waals surface area contributed by atoms with Crippen LogP contribution in [0.2, 0.25) is 0 Å². The van der Waals surface area contributed by atoms with Crippen molar-refractivity contribution < 1.29 is 10.2 Å². The van der Waals surface area contributed by atoms with Gasteiger partial charge < -0.3 is 10.2 Å². The average Bonchev–Trinajstić information content (AvgIpc) is 3.38. The number of nitrogens with zero attached hydrogens (tertiary/aromatic N) is 6. The SMILES string of the molecule is O=c1c2cc3c(sc4nc3n(CCO)n4)c3sc4nc(c5cccc(c(=O)c23)c15)n(CCO)n4. The van der Waals surface area contributed by atoms with E-state index in [1.54, 1.807) is 33.6 Å². The summed E-state index contributed by atoms with van der Waals surface area (Å²) in [5.41, 5.74) is 0.490. The Bertz CT molecular complexity index is 2050. The van der Waals surface area contributed by atoms with Crippen molar-refractivity contribution in [2.24, 2.45) is 0 Å². The summed E-state index contributed by atoms with van der Waals surface area (Å²) in [4.78, 5) is 37.8. The highest BCUT2D eigenvalue weighted by atomic mass is 32.1. The van der Waals surface area contributed by atoms with Crippen LogP contribution in [0.4, 0.5) is 0 Å². The molecule has 5 aromatic heterocycles. The highest BCUT2D eigenvalue weighted by molar-refractivity contribution is 7.30. The molecule has 0 aliphatic carbocycles. The fraction of sp³-hybridized carbons (Fsp3) is 0.182. The number of aliphatic hydroxyl groups is 2. The van der Waals surface area contributed by atoms with Crippen LogP contribution in [0, 0.1) is 0 Å². The number of fused-ring (bicyclic) bond motifs is 4. The van der Waals surface area contributed by atoms with Gasteiger partial charge in [-0.3, -0.25) is 9.59 Å². The van der Waals surface area contributed by atoms with Crippen LogP contribution in [0.3, 0.4) is 0 Å². The number of aromatic nitrogens is 6. The topological polar surface area (TPSA) is 136 Å². The molecule has 10 nitrogen and oxygen atoms in total. The molecule has 0 amide bonds. The number of hydrogen-bond donors (Lipinski definition) is 2. The molecule has 0 unspecified atom stereocenters. The predicted octanol–water partition coefficient (Wildman–Crippen LogP) is 2.05. The molecule has 0 atom stereocenters. The maximum atomic E-state index is 13.9. The first-order chi connectivity index (χ1) is 16.6. The third-order valence-corrected chi connectivity index (χ3v) is 8.12. The minimum atomic E-state index is -0.268. The third kappa shape index (κ3) is 2.50. The number of rotatable bonds is 4. The minimum absolute atomic E-state index is 0.106. The van der Waals surface area contributed by atoms with Crippen molar-refractivity contribution in [3.8, 4) is 0 Å². The highest BCUT2D eigenvalue weighted by Gasteiger charge is 2.22. The zero-order chi connectivity index (χ0) is 23.1. The van der Waals surface area contributed by atoms with Gasteiger partial charge in [0.15, 0.2) is 22.2 Å². The molecule has 10 bridgehead atoms. The van der Waals surface area contributed by atoms with Gasteiger partial charge in [0.2, 0.25) is 9.92 Å². The number of hydrogen-bond acceptors (Lipinski definition) is 10. The smallest absolute Gasteiger partial charge is 0.230 e. The second-order valence-electron chi connectivity index (χ2n) is 7.92. The zero-order valence-corrected chi connectivity index (χ0v) is 19.0. The molecule has 34 heavy (non-hydrogen) atoms. The van der Waals surface area contributed by atoms with Crippen molar-refractivity contribution >= 4 is 85.6 Å². The van der Waals surface area contributed by atoms with Crippen molar-refractivity contribution in [3.05, 3.63) is 44.7 Å². The molecule has 8 rings (SSSR count). The normalized spacial score (nSPS) is 12.5. The maximum absolute atomic E-state index is 13.9. The van der Waals surface area contributed by atoms with E-state index in [-0.39, 0.29) is 42.5 Å². The van der Waals surface area contributed by atoms with E-state index in [0.29, 0.717) is 52.8 Å². The van der Waals surface area contributed by atoms with E-state index in [9.17, 15) is 19.8 Å². The Hall–Kier alpha value is -3.58. The lowest BCUT2D eigenvalue weighted by Crippen LogP contribution is -2.14. The van der Waals surface area contributed by atoms with E-state index in [2.05, 4.69) is 20.2 Å². The molecule has 0 saturated carbocycles. The van der Waals surface area contributed by atoms with Crippen molar-refractivity contribution in [1.29, 1.82) is 0 Å². The van der Waals surface area contributed by atoms with Crippen LogP contribution in [0.15, 0.2) is 33.9 Å². The van der Waals surface area contributed by atoms with Crippen LogP contribution >= 0.6 is 22.7 Å². The summed E-state index contributed by atoms with van der Waals surface area (Å²) < 4.78 is 4.53. The van der Waals surface area contributed by atoms with Gasteiger partial charge in [0, 0.05) is 26.9 Å². The van der Waals surface area contributed by atoms with Crippen LogP contribution in [0.1, 0.15) is 0 Å². The van der Waals surface area contributed by atoms with Crippen molar-refractivity contribution in [3.63, 3.8) is 0 Å². The second-order valence-corrected chi connectivity index (χ2v) is 9.88. The molecular weight excluding hydrogens is 476 g/mol. The minimum Gasteiger partial charge on any atom is -0.394 e. The van der Waals surface area contributed by atoms with E-state index < -0.39 is 0 Å². The Kier molecular flexibility index (Phi) is 4.06. The molecule has 168 valence electrons. The zero-order valence-electron chi connectivity index (χ0n) is 17.3. The van der Waals surface area contributed by atoms with E-state index in [0.717, 1.165) is 4.70 Å². The van der Waals surface area contributed by atoms with Gasteiger partial charge in [-0.1, -0.05) is 40.9 Å². The van der Waals surface area contributed by atoms with Gasteiger partial charge in [-0.2, -0.15) is 9.97 Å². The van der Waals surface area contributed by atoms with Crippen LogP contribution in [0.25, 0.3) is 62.9 Å². The first-order valence-corrected chi connectivity index (χ1v) is 12.1. The molecule has 5 heterocycles. The summed E-state index contributed by atoms with van der Waals surface area (Å²) in [7, 11) is 0. The fourth-order valence-corrected chi connectivity index (χ4v) is 6.78. The summed E-state index contributed by atoms with van der Waals surface area (Å²) >= 11 is 2.54. The third-order valence-electron chi connectivity index (χ3n) is 6.04. The van der Waals surface area contributed by atoms with Crippen LogP contribution in [-0.4, -0.2) is 53.0 Å². The Labute approximate surface area is 196 Å². The Morgan fingerprint density at radius 1 is 0.735 bits per heavy atom. The van der Waals surface area contributed by atoms with Gasteiger partial charge in [-0.15, -0.1) is 10.2 Å². The van der Waals surface area contributed by atoms with Gasteiger partial charge in [-0.05, 0) is 6.07 Å². The molecule has 0 spiro atoms. The first kappa shape index (κ1) is 19.9. The van der Waals surface area contributed by atoms with E-state index in [4.69, 9.17) is 0 Å². The van der Waals surface area contributed by atoms with E-state index in [1.165, 1.54) is 22.7 Å². The molecule has 2 N–H and O–H groups in total. The molecule has 0 aliphatic rings. The molecular formula is C22H14N6O4S2. The molecule has 0 radical (unpaired) electrons. The quantitative estimate of drug-likeness (QED) is 0.358. The monoisotopic (exact) mass is 490 g/mol. The van der Waals surface area contributed by atoms with Gasteiger partial charge in [0.25, 0.3) is 0 Å². The lowest BCUT2D eigenvalue weighted by molar-refractivity contribution is 0.272. The molecule has 3 aromatic carbocycles. The van der Waals surface area contributed by atoms with E-state index >= 15 is 0 Å². The number of benzene rings is 3. The Balaban J connectivity index is 1.86. The van der Waals surface area contributed by atoms with Crippen molar-refractivity contribution in [1.82, 2.24) is 29.5 Å². The fourth-order valence-electron chi connectivity index (χ4n) is 4.66. The summed E-state index contributed by atoms with van der Waals surface area (Å²) in [6, 6.07) is 6.88. The van der Waals surface area contributed by atoms with Gasteiger partial charge >= 0.3 is 0 Å². The molecule has 0 aliphatic heterocycles. The molecule has 0 fully saturated rings. The molecule has 0 saturated heterocycles. The maximum Gasteiger partial charge on any atom is 0.230 e. The van der Waals surface area contributed by atoms with Crippen molar-refractivity contribution in [2.75, 3.05) is 13.2 Å². The first-order valence-electron chi connectivity index (χ1n) is 10.5. The van der Waals surface area contributed by atoms with Crippen molar-refractivity contribution in [2.45, 2.75) is 13.1 Å². The van der Waals surface area contributed by atoms with Crippen LogP contribution in [0.5, 0.6) is 0 Å². The molecule has 8 aromatic rings. The largest absolute Gasteiger partial charge is 0.394 e. The summed E-state index contributed by atoms with van der Waals surface area (Å²) in [6.45, 7) is 0.215. The number of aliphatic hydroxyl groups excluding tert-OH is 2. The molecule has 12 heteroatoms. The van der Waals surface area contributed by atoms with Crippen LogP contribution in [-0.2, 0) is 13.1 Å². The van der Waals surface area contributed by atoms with Gasteiger partial charge in [0.05, 0.1) is 41.1 Å². The Morgan fingerprint density at radius 2 is 1.32 bits per heavy atom. The van der Waals surface area contributed by atoms with Gasteiger partial charge in [-0.25, -0.2) is 9.36 Å². The average molecular weight is 491 g/mol. The predicted molar refractivity (Wildman–Crippen MR) is 132 cm³/mol. The summed E-state index contributed by atoms with van der Waals surface area (Å²) in [5.74, 6) is 0. The van der Waals surface area contributed by atoms with Crippen LogP contribution < -0.4 is 10.9 Å². The lowest BCUT2D eigenvalue weighted by Gasteiger charge is -2.07. The van der Waals surface area contributed by atoms with Gasteiger partial charge in [0.1, 0.15) is 0 Å². The lowest BCUT2D eigenvalue weighted by atomic mass is 9.99. The highest BCUT2D eigenvalue weighted by Crippen LogP contribution is 2.37. The second kappa shape index (κ2) is 6.96. The summed E-state index contributed by atoms with van der Waals surface area (Å²) in [6.07, 6.45) is 0. The summed E-state index contributed by atoms with van der Waals surface area (Å²) in [5, 5.41) is 30.5. The Morgan fingerprint density at radius 3 is 2.00 bits per heavy atom. The van der Waals surface area contributed by atoms with E-state index in [1.807, 2.05) is 0 Å². The standard InChI is InChI=1S/C22H14N6O4S2/c29-6-4-27-19-10-3-1-2-9-13(10)16(32)11-8-12-17(33-21-24-20(12)28(25-21)5-7-30)18(14(11)15(9)31)34-22(23-19)26-27/h1-3,8,29-30H,4-7H2.